The molecule has 1 aromatic carbocycles. The van der Waals surface area contributed by atoms with Crippen molar-refractivity contribution in [3.05, 3.63) is 42.2 Å². The summed E-state index contributed by atoms with van der Waals surface area (Å²) in [7, 11) is 1.58. The number of rotatable bonds is 3. The zero-order valence-corrected chi connectivity index (χ0v) is 11.5. The van der Waals surface area contributed by atoms with E-state index in [0.717, 1.165) is 10.8 Å². The minimum atomic E-state index is -0.641. The van der Waals surface area contributed by atoms with E-state index in [0.29, 0.717) is 11.3 Å². The third-order valence-electron chi connectivity index (χ3n) is 3.19. The summed E-state index contributed by atoms with van der Waals surface area (Å²) >= 11 is 0. The maximum Gasteiger partial charge on any atom is 0.280 e. The molecule has 0 spiro atoms. The van der Waals surface area contributed by atoms with Gasteiger partial charge >= 0.3 is 0 Å². The van der Waals surface area contributed by atoms with Crippen LogP contribution in [0.5, 0.6) is 5.75 Å². The van der Waals surface area contributed by atoms with Crippen molar-refractivity contribution in [3.63, 3.8) is 0 Å². The Labute approximate surface area is 121 Å². The van der Waals surface area contributed by atoms with Gasteiger partial charge in [-0.25, -0.2) is 9.75 Å². The second-order valence-electron chi connectivity index (χ2n) is 4.66. The van der Waals surface area contributed by atoms with Gasteiger partial charge in [-0.2, -0.15) is 5.10 Å². The fraction of sp³-hybridized carbons (Fsp3) is 0.286. The number of para-hydroxylation sites is 2. The van der Waals surface area contributed by atoms with E-state index in [1.807, 2.05) is 24.3 Å². The predicted molar refractivity (Wildman–Crippen MR) is 73.1 cm³/mol. The zero-order valence-electron chi connectivity index (χ0n) is 11.5. The van der Waals surface area contributed by atoms with Gasteiger partial charge in [0.05, 0.1) is 25.4 Å². The van der Waals surface area contributed by atoms with Crippen LogP contribution >= 0.6 is 0 Å². The Morgan fingerprint density at radius 2 is 2.29 bits per heavy atom. The first-order valence-electron chi connectivity index (χ1n) is 6.50. The lowest BCUT2D eigenvalue weighted by Gasteiger charge is -2.12. The summed E-state index contributed by atoms with van der Waals surface area (Å²) in [6.07, 6.45) is 2.43. The quantitative estimate of drug-likeness (QED) is 0.896. The van der Waals surface area contributed by atoms with Crippen molar-refractivity contribution in [2.24, 2.45) is 0 Å². The van der Waals surface area contributed by atoms with Crippen LogP contribution in [0.25, 0.3) is 5.69 Å². The number of hydroxylamine groups is 2. The Kier molecular flexibility index (Phi) is 3.59. The molecular formula is C14H15N3O4. The normalized spacial score (nSPS) is 18.0. The summed E-state index contributed by atoms with van der Waals surface area (Å²) < 4.78 is 6.84. The van der Waals surface area contributed by atoms with Crippen molar-refractivity contribution in [1.82, 2.24) is 14.8 Å². The summed E-state index contributed by atoms with van der Waals surface area (Å²) in [6, 6.07) is 7.38. The molecule has 0 aliphatic carbocycles. The standard InChI is InChI=1S/C14H15N3O4/c1-20-13-5-3-2-4-12(13)16-7-10(6-15-16)14(19)17-8-11(18)9-21-17/h2-7,11,18H,8-9H2,1H3. The Hall–Kier alpha value is -2.38. The molecule has 21 heavy (non-hydrogen) atoms. The van der Waals surface area contributed by atoms with Crippen LogP contribution in [-0.4, -0.2) is 52.2 Å². The van der Waals surface area contributed by atoms with E-state index >= 15 is 0 Å². The number of aromatic nitrogens is 2. The largest absolute Gasteiger partial charge is 0.494 e. The summed E-state index contributed by atoms with van der Waals surface area (Å²) in [5.74, 6) is 0.333. The molecule has 1 saturated heterocycles. The van der Waals surface area contributed by atoms with Crippen molar-refractivity contribution in [1.29, 1.82) is 0 Å². The van der Waals surface area contributed by atoms with Gasteiger partial charge in [0, 0.05) is 6.20 Å². The van der Waals surface area contributed by atoms with Gasteiger partial charge in [-0.3, -0.25) is 9.63 Å². The topological polar surface area (TPSA) is 76.8 Å². The SMILES string of the molecule is COc1ccccc1-n1cc(C(=O)N2CC(O)CO2)cn1. The summed E-state index contributed by atoms with van der Waals surface area (Å²) in [6.45, 7) is 0.297. The van der Waals surface area contributed by atoms with Gasteiger partial charge in [-0.05, 0) is 12.1 Å². The number of carbonyl (C=O) groups excluding carboxylic acids is 1. The fourth-order valence-electron chi connectivity index (χ4n) is 2.14. The number of hydrogen-bond donors (Lipinski definition) is 1. The number of methoxy groups -OCH3 is 1. The van der Waals surface area contributed by atoms with Crippen LogP contribution in [0.4, 0.5) is 0 Å². The molecule has 1 amide bonds. The molecule has 7 heteroatoms. The van der Waals surface area contributed by atoms with E-state index in [-0.39, 0.29) is 19.1 Å². The van der Waals surface area contributed by atoms with Gasteiger partial charge in [-0.1, -0.05) is 12.1 Å². The van der Waals surface area contributed by atoms with Crippen molar-refractivity contribution >= 4 is 5.91 Å². The lowest BCUT2D eigenvalue weighted by molar-refractivity contribution is -0.0779. The number of nitrogens with zero attached hydrogens (tertiary/aromatic N) is 3. The highest BCUT2D eigenvalue weighted by molar-refractivity contribution is 5.93. The zero-order chi connectivity index (χ0) is 14.8. The van der Waals surface area contributed by atoms with Gasteiger partial charge in [0.15, 0.2) is 0 Å². The molecule has 1 atom stereocenters. The minimum Gasteiger partial charge on any atom is -0.494 e. The highest BCUT2D eigenvalue weighted by Gasteiger charge is 2.27. The molecule has 0 radical (unpaired) electrons. The molecule has 2 heterocycles. The predicted octanol–water partition coefficient (Wildman–Crippen LogP) is 0.629. The minimum absolute atomic E-state index is 0.131. The molecular weight excluding hydrogens is 274 g/mol. The van der Waals surface area contributed by atoms with E-state index in [9.17, 15) is 9.90 Å². The van der Waals surface area contributed by atoms with Gasteiger partial charge in [-0.15, -0.1) is 0 Å². The summed E-state index contributed by atoms with van der Waals surface area (Å²) in [5, 5.41) is 14.7. The average Bonchev–Trinajstić information content (AvgIpc) is 3.15. The van der Waals surface area contributed by atoms with Crippen LogP contribution in [-0.2, 0) is 4.84 Å². The molecule has 1 aromatic heterocycles. The number of β-amino-alcohol motifs (C(OH)–C–C–N with tert-alkyl or cyclic N) is 1. The first-order valence-corrected chi connectivity index (χ1v) is 6.50. The first-order chi connectivity index (χ1) is 10.2. The van der Waals surface area contributed by atoms with Crippen molar-refractivity contribution in [2.75, 3.05) is 20.3 Å². The number of amides is 1. The second kappa shape index (κ2) is 5.55. The smallest absolute Gasteiger partial charge is 0.280 e. The number of aliphatic hydroxyl groups excluding tert-OH is 1. The summed E-state index contributed by atoms with van der Waals surface area (Å²) in [5.41, 5.74) is 1.12. The monoisotopic (exact) mass is 289 g/mol. The number of aliphatic hydroxyl groups is 1. The van der Waals surface area contributed by atoms with E-state index in [4.69, 9.17) is 9.57 Å². The van der Waals surface area contributed by atoms with E-state index < -0.39 is 6.10 Å². The lowest BCUT2D eigenvalue weighted by atomic mass is 10.3. The molecule has 1 unspecified atom stereocenters. The fourth-order valence-corrected chi connectivity index (χ4v) is 2.14. The summed E-state index contributed by atoms with van der Waals surface area (Å²) in [4.78, 5) is 17.3. The first kappa shape index (κ1) is 13.6. The molecule has 0 saturated carbocycles. The maximum atomic E-state index is 12.2. The van der Waals surface area contributed by atoms with Crippen LogP contribution in [0.1, 0.15) is 10.4 Å². The van der Waals surface area contributed by atoms with Crippen LogP contribution in [0.3, 0.4) is 0 Å². The van der Waals surface area contributed by atoms with Crippen LogP contribution in [0.2, 0.25) is 0 Å². The van der Waals surface area contributed by atoms with Crippen LogP contribution in [0.15, 0.2) is 36.7 Å². The number of ether oxygens (including phenoxy) is 1. The molecule has 2 aromatic rings. The third-order valence-corrected chi connectivity index (χ3v) is 3.19. The molecule has 0 bridgehead atoms. The van der Waals surface area contributed by atoms with E-state index in [1.165, 1.54) is 6.20 Å². The number of hydrogen-bond acceptors (Lipinski definition) is 5. The van der Waals surface area contributed by atoms with E-state index in [1.54, 1.807) is 18.0 Å². The molecule has 1 aliphatic rings. The molecule has 110 valence electrons. The van der Waals surface area contributed by atoms with Gasteiger partial charge in [0.2, 0.25) is 0 Å². The highest BCUT2D eigenvalue weighted by atomic mass is 16.7. The Bertz CT molecular complexity index is 655. The van der Waals surface area contributed by atoms with Crippen molar-refractivity contribution in [2.45, 2.75) is 6.10 Å². The Morgan fingerprint density at radius 3 is 3.00 bits per heavy atom. The Morgan fingerprint density at radius 1 is 1.48 bits per heavy atom. The van der Waals surface area contributed by atoms with Gasteiger partial charge in [0.1, 0.15) is 24.1 Å². The van der Waals surface area contributed by atoms with Gasteiger partial charge in [0.25, 0.3) is 5.91 Å². The Balaban J connectivity index is 1.85. The number of carbonyl (C=O) groups is 1. The van der Waals surface area contributed by atoms with Crippen LogP contribution < -0.4 is 4.74 Å². The highest BCUT2D eigenvalue weighted by Crippen LogP contribution is 2.22. The second-order valence-corrected chi connectivity index (χ2v) is 4.66. The van der Waals surface area contributed by atoms with Gasteiger partial charge < -0.3 is 9.84 Å². The molecule has 1 fully saturated rings. The van der Waals surface area contributed by atoms with Crippen LogP contribution in [0, 0.1) is 0 Å². The molecule has 7 nitrogen and oxygen atoms in total. The number of benzene rings is 1. The van der Waals surface area contributed by atoms with Crippen molar-refractivity contribution < 1.29 is 19.5 Å². The third kappa shape index (κ3) is 2.61. The maximum absolute atomic E-state index is 12.2. The van der Waals surface area contributed by atoms with Crippen molar-refractivity contribution in [3.8, 4) is 11.4 Å². The average molecular weight is 289 g/mol. The lowest BCUT2D eigenvalue weighted by Crippen LogP contribution is -2.28. The molecule has 3 rings (SSSR count). The molecule has 1 aliphatic heterocycles. The van der Waals surface area contributed by atoms with E-state index in [2.05, 4.69) is 5.10 Å². The molecule has 1 N–H and O–H groups in total.